The van der Waals surface area contributed by atoms with Crippen LogP contribution in [0.2, 0.25) is 0 Å². The topological polar surface area (TPSA) is 278 Å². The van der Waals surface area contributed by atoms with E-state index in [0.29, 0.717) is 12.1 Å². The minimum atomic E-state index is -4.67. The molecule has 8 rings (SSSR count). The highest BCUT2D eigenvalue weighted by Gasteiger charge is 2.27. The van der Waals surface area contributed by atoms with E-state index >= 15 is 0 Å². The number of fused-ring (bicyclic) bond motifs is 2. The molecule has 0 spiro atoms. The summed E-state index contributed by atoms with van der Waals surface area (Å²) >= 11 is 0. The number of anilines is 4. The first-order chi connectivity index (χ1) is 22.5. The van der Waals surface area contributed by atoms with Gasteiger partial charge in [0.2, 0.25) is 11.9 Å². The Labute approximate surface area is 269 Å². The van der Waals surface area contributed by atoms with E-state index in [2.05, 4.69) is 52.7 Å². The van der Waals surface area contributed by atoms with Gasteiger partial charge in [0, 0.05) is 24.2 Å². The van der Waals surface area contributed by atoms with Crippen LogP contribution in [0.5, 0.6) is 0 Å². The summed E-state index contributed by atoms with van der Waals surface area (Å²) in [5, 5.41) is 25.2. The summed E-state index contributed by atoms with van der Waals surface area (Å²) in [5.74, 6) is 1.99. The molecule has 0 amide bonds. The zero-order valence-corrected chi connectivity index (χ0v) is 26.3. The maximum absolute atomic E-state index is 9.24. The van der Waals surface area contributed by atoms with Crippen molar-refractivity contribution in [3.05, 3.63) is 36.0 Å². The molecule has 0 saturated heterocycles. The summed E-state index contributed by atoms with van der Waals surface area (Å²) in [4.78, 5) is 26.2. The summed E-state index contributed by atoms with van der Waals surface area (Å²) < 4.78 is 35.7. The summed E-state index contributed by atoms with van der Waals surface area (Å²) in [6, 6.07) is 1.48. The van der Waals surface area contributed by atoms with Gasteiger partial charge < -0.3 is 41.4 Å². The van der Waals surface area contributed by atoms with Gasteiger partial charge in [-0.05, 0) is 62.5 Å². The number of nitrogen functional groups attached to an aromatic ring is 2. The second-order valence-corrected chi connectivity index (χ2v) is 12.9. The third-order valence-electron chi connectivity index (χ3n) is 8.26. The quantitative estimate of drug-likeness (QED) is 0.0980. The van der Waals surface area contributed by atoms with E-state index in [0.717, 1.165) is 70.8 Å². The summed E-state index contributed by atoms with van der Waals surface area (Å²) in [7, 11) is -4.67. The number of allylic oxidation sites excluding steroid dienone is 2. The highest BCUT2D eigenvalue weighted by Crippen LogP contribution is 2.35. The van der Waals surface area contributed by atoms with Crippen LogP contribution in [-0.2, 0) is 10.4 Å². The molecule has 2 atom stereocenters. The van der Waals surface area contributed by atoms with Crippen molar-refractivity contribution in [2.24, 2.45) is 0 Å². The second-order valence-electron chi connectivity index (χ2n) is 12.0. The zero-order valence-electron chi connectivity index (χ0n) is 25.4. The van der Waals surface area contributed by atoms with Crippen molar-refractivity contribution < 1.29 is 27.7 Å². The molecule has 18 nitrogen and oxygen atoms in total. The van der Waals surface area contributed by atoms with E-state index in [1.165, 1.54) is 25.7 Å². The average molecular weight is 671 g/mol. The van der Waals surface area contributed by atoms with Gasteiger partial charge in [0.15, 0.2) is 34.0 Å². The van der Waals surface area contributed by atoms with E-state index in [9.17, 15) is 10.2 Å². The fourth-order valence-corrected chi connectivity index (χ4v) is 5.67. The number of nitrogens with one attached hydrogen (secondary N) is 2. The number of imidazole rings is 2. The molecular formula is C28H38N12O6S. The minimum absolute atomic E-state index is 0.120. The molecule has 2 unspecified atom stereocenters. The average Bonchev–Trinajstić information content (AvgIpc) is 3.73. The van der Waals surface area contributed by atoms with E-state index in [-0.39, 0.29) is 37.2 Å². The summed E-state index contributed by atoms with van der Waals surface area (Å²) in [5.41, 5.74) is 16.9. The predicted molar refractivity (Wildman–Crippen MR) is 174 cm³/mol. The van der Waals surface area contributed by atoms with Gasteiger partial charge in [-0.3, -0.25) is 9.11 Å². The SMILES string of the molecule is Nc1nc(NC2CC2)c2ncn(C3CC=C(CO)C3)c2n1.Nc1nc(NC2CC2)c2ncn(C3CC=C(CO)C3)c2n1.O=S(=O)(O)O. The number of rotatable bonds is 8. The Balaban J connectivity index is 0.000000144. The maximum Gasteiger partial charge on any atom is 0.394 e. The number of hydrogen-bond donors (Lipinski definition) is 8. The number of aliphatic hydroxyl groups excluding tert-OH is 2. The maximum atomic E-state index is 9.24. The molecule has 0 aromatic carbocycles. The Kier molecular flexibility index (Phi) is 9.24. The molecule has 4 aliphatic carbocycles. The molecular weight excluding hydrogens is 632 g/mol. The van der Waals surface area contributed by atoms with Crippen molar-refractivity contribution in [3.63, 3.8) is 0 Å². The molecule has 4 heterocycles. The molecule has 10 N–H and O–H groups in total. The van der Waals surface area contributed by atoms with Gasteiger partial charge in [-0.2, -0.15) is 28.4 Å². The molecule has 47 heavy (non-hydrogen) atoms. The largest absolute Gasteiger partial charge is 0.394 e. The van der Waals surface area contributed by atoms with Crippen LogP contribution in [-0.4, -0.2) is 92.1 Å². The standard InChI is InChI=1S/2C14H18N6O.H2O4S/c2*15-14-18-12(17-9-2-3-9)11-13(19-14)20(7-16-11)10-4-1-8(5-10)6-21;1-5(2,3)4/h2*1,7,9-10,21H,2-6H2,(H3,15,17,18,19);(H2,1,2,3,4). The Morgan fingerprint density at radius 2 is 1.11 bits per heavy atom. The molecule has 4 aromatic rings. The van der Waals surface area contributed by atoms with Crippen LogP contribution in [0.15, 0.2) is 36.0 Å². The molecule has 4 aromatic heterocycles. The molecule has 0 bridgehead atoms. The van der Waals surface area contributed by atoms with Crippen molar-refractivity contribution in [2.75, 3.05) is 35.3 Å². The van der Waals surface area contributed by atoms with Crippen molar-refractivity contribution in [1.82, 2.24) is 39.0 Å². The first-order valence-electron chi connectivity index (χ1n) is 15.3. The molecule has 4 aliphatic rings. The van der Waals surface area contributed by atoms with Gasteiger partial charge >= 0.3 is 10.4 Å². The highest BCUT2D eigenvalue weighted by atomic mass is 32.3. The fourth-order valence-electron chi connectivity index (χ4n) is 5.67. The van der Waals surface area contributed by atoms with Gasteiger partial charge in [0.05, 0.1) is 25.9 Å². The van der Waals surface area contributed by atoms with Crippen LogP contribution in [0.3, 0.4) is 0 Å². The Bertz CT molecular complexity index is 1800. The fraction of sp³-hybridized carbons (Fsp3) is 0.500. The minimum Gasteiger partial charge on any atom is -0.392 e. The van der Waals surface area contributed by atoms with Crippen LogP contribution >= 0.6 is 0 Å². The van der Waals surface area contributed by atoms with Gasteiger partial charge in [-0.25, -0.2) is 9.97 Å². The number of aromatic nitrogens is 8. The zero-order chi connectivity index (χ0) is 33.3. The molecule has 252 valence electrons. The lowest BCUT2D eigenvalue weighted by Gasteiger charge is -2.13. The Hall–Kier alpha value is -4.43. The molecule has 2 fully saturated rings. The number of nitrogens with zero attached hydrogens (tertiary/aromatic N) is 8. The van der Waals surface area contributed by atoms with Crippen LogP contribution in [0, 0.1) is 0 Å². The lowest BCUT2D eigenvalue weighted by molar-refractivity contribution is 0.324. The lowest BCUT2D eigenvalue weighted by atomic mass is 10.2. The predicted octanol–water partition coefficient (Wildman–Crippen LogP) is 1.82. The Morgan fingerprint density at radius 1 is 0.723 bits per heavy atom. The van der Waals surface area contributed by atoms with Crippen molar-refractivity contribution in [2.45, 2.75) is 75.5 Å². The smallest absolute Gasteiger partial charge is 0.392 e. The van der Waals surface area contributed by atoms with Crippen molar-refractivity contribution in [3.8, 4) is 0 Å². The van der Waals surface area contributed by atoms with Crippen molar-refractivity contribution in [1.29, 1.82) is 0 Å². The van der Waals surface area contributed by atoms with E-state index in [1.54, 1.807) is 12.7 Å². The molecule has 2 saturated carbocycles. The summed E-state index contributed by atoms with van der Waals surface area (Å²) in [6.07, 6.45) is 15.9. The van der Waals surface area contributed by atoms with E-state index in [4.69, 9.17) is 29.0 Å². The first-order valence-corrected chi connectivity index (χ1v) is 16.7. The van der Waals surface area contributed by atoms with E-state index < -0.39 is 10.4 Å². The van der Waals surface area contributed by atoms with E-state index in [1.807, 2.05) is 9.13 Å². The number of hydrogen-bond acceptors (Lipinski definition) is 14. The summed E-state index contributed by atoms with van der Waals surface area (Å²) in [6.45, 7) is 0.240. The normalized spacial score (nSPS) is 20.7. The van der Waals surface area contributed by atoms with Gasteiger partial charge in [-0.1, -0.05) is 12.2 Å². The van der Waals surface area contributed by atoms with Crippen LogP contribution < -0.4 is 22.1 Å². The van der Waals surface area contributed by atoms with Crippen LogP contribution in [0.4, 0.5) is 23.5 Å². The van der Waals surface area contributed by atoms with Crippen LogP contribution in [0.1, 0.15) is 63.5 Å². The third-order valence-corrected chi connectivity index (χ3v) is 8.26. The third kappa shape index (κ3) is 8.11. The second kappa shape index (κ2) is 13.4. The molecule has 0 radical (unpaired) electrons. The van der Waals surface area contributed by atoms with Crippen molar-refractivity contribution >= 4 is 56.3 Å². The van der Waals surface area contributed by atoms with Crippen LogP contribution in [0.25, 0.3) is 22.3 Å². The Morgan fingerprint density at radius 3 is 1.43 bits per heavy atom. The lowest BCUT2D eigenvalue weighted by Crippen LogP contribution is -2.09. The number of aliphatic hydroxyl groups is 2. The molecule has 0 aliphatic heterocycles. The van der Waals surface area contributed by atoms with Gasteiger partial charge in [0.1, 0.15) is 0 Å². The highest BCUT2D eigenvalue weighted by molar-refractivity contribution is 7.79. The first kappa shape index (κ1) is 32.5. The monoisotopic (exact) mass is 670 g/mol. The van der Waals surface area contributed by atoms with Gasteiger partial charge in [-0.15, -0.1) is 0 Å². The van der Waals surface area contributed by atoms with Gasteiger partial charge in [0.25, 0.3) is 0 Å². The number of nitrogens with two attached hydrogens (primary N) is 2. The molecule has 19 heteroatoms.